The highest BCUT2D eigenvalue weighted by Crippen LogP contribution is 2.02. The quantitative estimate of drug-likeness (QED) is 0.513. The highest BCUT2D eigenvalue weighted by atomic mass is 13.9. The Morgan fingerprint density at radius 2 is 1.76 bits per heavy atom. The molecular weight excluding hydrogens is 204 g/mol. The molecule has 17 heavy (non-hydrogen) atoms. The fourth-order valence-electron chi connectivity index (χ4n) is 1.30. The third-order valence-electron chi connectivity index (χ3n) is 2.22. The molecule has 0 unspecified atom stereocenters. The van der Waals surface area contributed by atoms with Crippen molar-refractivity contribution in [3.8, 4) is 11.8 Å². The largest absolute Gasteiger partial charge is 0.0876 e. The summed E-state index contributed by atoms with van der Waals surface area (Å²) in [6.45, 7) is 6.07. The molecule has 1 aromatic rings. The van der Waals surface area contributed by atoms with Gasteiger partial charge in [0.05, 0.1) is 0 Å². The first kappa shape index (κ1) is 13.1. The van der Waals surface area contributed by atoms with E-state index in [0.29, 0.717) is 0 Å². The first-order valence-corrected chi connectivity index (χ1v) is 5.80. The lowest BCUT2D eigenvalue weighted by Gasteiger charge is -1.92. The Labute approximate surface area is 104 Å². The van der Waals surface area contributed by atoms with Crippen molar-refractivity contribution in [3.63, 3.8) is 0 Å². The summed E-state index contributed by atoms with van der Waals surface area (Å²) in [4.78, 5) is 0. The van der Waals surface area contributed by atoms with Crippen molar-refractivity contribution in [2.45, 2.75) is 20.8 Å². The van der Waals surface area contributed by atoms with Crippen LogP contribution in [0.3, 0.4) is 0 Å². The van der Waals surface area contributed by atoms with Crippen molar-refractivity contribution >= 4 is 0 Å². The highest BCUT2D eigenvalue weighted by molar-refractivity contribution is 5.46. The van der Waals surface area contributed by atoms with Crippen LogP contribution in [-0.4, -0.2) is 0 Å². The Morgan fingerprint density at radius 3 is 2.35 bits per heavy atom. The zero-order valence-corrected chi connectivity index (χ0v) is 10.7. The molecule has 0 saturated heterocycles. The van der Waals surface area contributed by atoms with Crippen LogP contribution >= 0.6 is 0 Å². The molecule has 0 heterocycles. The topological polar surface area (TPSA) is 0 Å². The maximum absolute atomic E-state index is 3.16. The Hall–Kier alpha value is -2.00. The molecule has 0 fully saturated rings. The van der Waals surface area contributed by atoms with Crippen molar-refractivity contribution in [1.29, 1.82) is 0 Å². The molecule has 0 spiro atoms. The van der Waals surface area contributed by atoms with Gasteiger partial charge in [0.2, 0.25) is 0 Å². The molecule has 0 amide bonds. The van der Waals surface area contributed by atoms with E-state index >= 15 is 0 Å². The predicted octanol–water partition coefficient (Wildman–Crippen LogP) is 4.43. The molecule has 0 atom stereocenters. The first-order chi connectivity index (χ1) is 8.26. The van der Waals surface area contributed by atoms with Crippen LogP contribution in [0.5, 0.6) is 0 Å². The third kappa shape index (κ3) is 5.04. The maximum Gasteiger partial charge on any atom is 0.0249 e. The van der Waals surface area contributed by atoms with E-state index in [9.17, 15) is 0 Å². The Balaban J connectivity index is 2.91. The summed E-state index contributed by atoms with van der Waals surface area (Å²) in [7, 11) is 0. The number of hydrogen-bond donors (Lipinski definition) is 0. The number of aryl methyl sites for hydroxylation is 1. The second kappa shape index (κ2) is 7.30. The molecule has 0 N–H and O–H groups in total. The summed E-state index contributed by atoms with van der Waals surface area (Å²) in [5.41, 5.74) is 3.33. The van der Waals surface area contributed by atoms with E-state index in [-0.39, 0.29) is 0 Å². The summed E-state index contributed by atoms with van der Waals surface area (Å²) in [5, 5.41) is 0. The van der Waals surface area contributed by atoms with E-state index in [2.05, 4.69) is 30.9 Å². The molecule has 1 aromatic carbocycles. The maximum atomic E-state index is 3.16. The molecule has 0 saturated carbocycles. The van der Waals surface area contributed by atoms with Crippen molar-refractivity contribution < 1.29 is 0 Å². The molecule has 0 aliphatic carbocycles. The minimum Gasteiger partial charge on any atom is -0.0876 e. The Morgan fingerprint density at radius 1 is 1.06 bits per heavy atom. The molecular formula is C17H18. The van der Waals surface area contributed by atoms with Gasteiger partial charge in [-0.2, -0.15) is 0 Å². The number of rotatable bonds is 2. The van der Waals surface area contributed by atoms with Crippen LogP contribution in [-0.2, 0) is 0 Å². The van der Waals surface area contributed by atoms with Crippen LogP contribution in [0.4, 0.5) is 0 Å². The molecule has 0 nitrogen and oxygen atoms in total. The average Bonchev–Trinajstić information content (AvgIpc) is 2.35. The van der Waals surface area contributed by atoms with Crippen molar-refractivity contribution in [2.75, 3.05) is 0 Å². The molecule has 0 radical (unpaired) electrons. The second-order valence-corrected chi connectivity index (χ2v) is 3.76. The summed E-state index contributed by atoms with van der Waals surface area (Å²) in [6.07, 6.45) is 10.0. The fraction of sp³-hybridized carbons (Fsp3) is 0.176. The number of allylic oxidation sites excluding steroid dienone is 6. The lowest BCUT2D eigenvalue weighted by molar-refractivity contribution is 1.46. The van der Waals surface area contributed by atoms with Crippen LogP contribution in [0.1, 0.15) is 25.0 Å². The van der Waals surface area contributed by atoms with Crippen LogP contribution in [0.25, 0.3) is 0 Å². The molecule has 0 bridgehead atoms. The van der Waals surface area contributed by atoms with Gasteiger partial charge in [-0.1, -0.05) is 53.8 Å². The van der Waals surface area contributed by atoms with Gasteiger partial charge in [0.1, 0.15) is 0 Å². The zero-order chi connectivity index (χ0) is 12.5. The van der Waals surface area contributed by atoms with E-state index < -0.39 is 0 Å². The predicted molar refractivity (Wildman–Crippen MR) is 75.8 cm³/mol. The van der Waals surface area contributed by atoms with Gasteiger partial charge in [-0.15, -0.1) is 0 Å². The summed E-state index contributed by atoms with van der Waals surface area (Å²) >= 11 is 0. The van der Waals surface area contributed by atoms with E-state index in [4.69, 9.17) is 0 Å². The SMILES string of the molecule is C\C=C/C=C(C#Cc1ccc(C)cc1)\C=C\C. The third-order valence-corrected chi connectivity index (χ3v) is 2.22. The summed E-state index contributed by atoms with van der Waals surface area (Å²) in [5.74, 6) is 6.33. The minimum absolute atomic E-state index is 1.02. The minimum atomic E-state index is 1.02. The van der Waals surface area contributed by atoms with Gasteiger partial charge >= 0.3 is 0 Å². The monoisotopic (exact) mass is 222 g/mol. The standard InChI is InChI=1S/C17H18/c1-4-6-8-16(7-5-2)13-14-17-11-9-15(3)10-12-17/h4-12H,1-3H3/b6-4-,7-5+,16-8+. The van der Waals surface area contributed by atoms with Crippen LogP contribution in [0.2, 0.25) is 0 Å². The van der Waals surface area contributed by atoms with Crippen LogP contribution in [0.15, 0.2) is 60.2 Å². The van der Waals surface area contributed by atoms with Gasteiger partial charge in [0.15, 0.2) is 0 Å². The lowest BCUT2D eigenvalue weighted by Crippen LogP contribution is -1.76. The second-order valence-electron chi connectivity index (χ2n) is 3.76. The molecule has 0 aliphatic heterocycles. The van der Waals surface area contributed by atoms with E-state index in [0.717, 1.165) is 11.1 Å². The molecule has 0 aliphatic rings. The van der Waals surface area contributed by atoms with E-state index in [1.807, 2.05) is 56.4 Å². The smallest absolute Gasteiger partial charge is 0.0249 e. The molecule has 0 heteroatoms. The van der Waals surface area contributed by atoms with Gasteiger partial charge in [-0.3, -0.25) is 0 Å². The molecule has 0 aromatic heterocycles. The van der Waals surface area contributed by atoms with Gasteiger partial charge in [0.25, 0.3) is 0 Å². The Kier molecular flexibility index (Phi) is 5.61. The van der Waals surface area contributed by atoms with Gasteiger partial charge in [-0.25, -0.2) is 0 Å². The van der Waals surface area contributed by atoms with E-state index in [1.165, 1.54) is 5.56 Å². The number of hydrogen-bond acceptors (Lipinski definition) is 0. The van der Waals surface area contributed by atoms with Crippen molar-refractivity contribution in [1.82, 2.24) is 0 Å². The zero-order valence-electron chi connectivity index (χ0n) is 10.7. The van der Waals surface area contributed by atoms with Gasteiger partial charge in [0, 0.05) is 11.1 Å². The lowest BCUT2D eigenvalue weighted by atomic mass is 10.1. The fourth-order valence-corrected chi connectivity index (χ4v) is 1.30. The van der Waals surface area contributed by atoms with Gasteiger partial charge in [-0.05, 0) is 39.0 Å². The van der Waals surface area contributed by atoms with Crippen LogP contribution < -0.4 is 0 Å². The molecule has 86 valence electrons. The number of benzene rings is 1. The first-order valence-electron chi connectivity index (χ1n) is 5.80. The van der Waals surface area contributed by atoms with E-state index in [1.54, 1.807) is 0 Å². The van der Waals surface area contributed by atoms with Crippen LogP contribution in [0, 0.1) is 18.8 Å². The normalized spacial score (nSPS) is 11.8. The van der Waals surface area contributed by atoms with Crippen molar-refractivity contribution in [3.05, 3.63) is 71.3 Å². The van der Waals surface area contributed by atoms with Crippen molar-refractivity contribution in [2.24, 2.45) is 0 Å². The summed E-state index contributed by atoms with van der Waals surface area (Å²) in [6, 6.07) is 8.25. The average molecular weight is 222 g/mol. The summed E-state index contributed by atoms with van der Waals surface area (Å²) < 4.78 is 0. The highest BCUT2D eigenvalue weighted by Gasteiger charge is 1.86. The van der Waals surface area contributed by atoms with Gasteiger partial charge < -0.3 is 0 Å². The Bertz CT molecular complexity index is 485. The molecule has 1 rings (SSSR count).